The first-order valence-electron chi connectivity index (χ1n) is 7.81. The first-order valence-corrected chi connectivity index (χ1v) is 7.81. The summed E-state index contributed by atoms with van der Waals surface area (Å²) in [5.74, 6) is -1.74. The maximum atomic E-state index is 11.4. The quantitative estimate of drug-likeness (QED) is 0.364. The van der Waals surface area contributed by atoms with Crippen LogP contribution in [0.5, 0.6) is 0 Å². The molecule has 1 rings (SSSR count). The van der Waals surface area contributed by atoms with Crippen molar-refractivity contribution < 1.29 is 42.9 Å². The molecule has 9 heteroatoms. The Bertz CT molecular complexity index is 514. The largest absolute Gasteiger partial charge is 0.463 e. The summed E-state index contributed by atoms with van der Waals surface area (Å²) in [5.41, 5.74) is -1.13. The number of carbonyl (C=O) groups is 4. The lowest BCUT2D eigenvalue weighted by atomic mass is 10.0. The molecule has 0 aromatic heterocycles. The van der Waals surface area contributed by atoms with Crippen LogP contribution in [0.15, 0.2) is 0 Å². The predicted molar refractivity (Wildman–Crippen MR) is 82.2 cm³/mol. The molecule has 0 bridgehead atoms. The first-order chi connectivity index (χ1) is 11.5. The van der Waals surface area contributed by atoms with E-state index in [9.17, 15) is 19.2 Å². The zero-order valence-electron chi connectivity index (χ0n) is 15.0. The van der Waals surface area contributed by atoms with Crippen LogP contribution in [0.25, 0.3) is 0 Å². The molecule has 0 radical (unpaired) electrons. The van der Waals surface area contributed by atoms with Gasteiger partial charge in [0.05, 0.1) is 0 Å². The molecule has 0 unspecified atom stereocenters. The van der Waals surface area contributed by atoms with Gasteiger partial charge in [0.2, 0.25) is 0 Å². The second-order valence-corrected chi connectivity index (χ2v) is 6.20. The molecule has 1 heterocycles. The number of carbonyl (C=O) groups excluding carboxylic acids is 4. The Kier molecular flexibility index (Phi) is 7.50. The summed E-state index contributed by atoms with van der Waals surface area (Å²) in [6, 6.07) is 0. The molecule has 142 valence electrons. The molecule has 1 aliphatic heterocycles. The van der Waals surface area contributed by atoms with Crippen LogP contribution in [0.2, 0.25) is 0 Å². The van der Waals surface area contributed by atoms with Gasteiger partial charge in [0.25, 0.3) is 0 Å². The smallest absolute Gasteiger partial charge is 0.303 e. The maximum absolute atomic E-state index is 11.4. The van der Waals surface area contributed by atoms with Crippen molar-refractivity contribution in [3.8, 4) is 0 Å². The van der Waals surface area contributed by atoms with E-state index in [0.29, 0.717) is 6.29 Å². The zero-order chi connectivity index (χ0) is 19.2. The van der Waals surface area contributed by atoms with Gasteiger partial charge in [0.15, 0.2) is 18.7 Å². The minimum atomic E-state index is -1.13. The Morgan fingerprint density at radius 1 is 1.08 bits per heavy atom. The van der Waals surface area contributed by atoms with Gasteiger partial charge in [-0.3, -0.25) is 14.4 Å². The van der Waals surface area contributed by atoms with Crippen molar-refractivity contribution in [2.24, 2.45) is 0 Å². The highest BCUT2D eigenvalue weighted by atomic mass is 16.7. The van der Waals surface area contributed by atoms with Gasteiger partial charge in [0, 0.05) is 27.2 Å². The zero-order valence-corrected chi connectivity index (χ0v) is 15.0. The van der Waals surface area contributed by atoms with E-state index in [4.69, 9.17) is 23.7 Å². The summed E-state index contributed by atoms with van der Waals surface area (Å²) in [6.07, 6.45) is -3.03. The molecule has 9 nitrogen and oxygen atoms in total. The van der Waals surface area contributed by atoms with Crippen LogP contribution in [0.4, 0.5) is 0 Å². The van der Waals surface area contributed by atoms with Crippen molar-refractivity contribution in [3.63, 3.8) is 0 Å². The number of rotatable bonds is 7. The number of hydrogen-bond donors (Lipinski definition) is 0. The summed E-state index contributed by atoms with van der Waals surface area (Å²) in [7, 11) is 0. The van der Waals surface area contributed by atoms with Gasteiger partial charge in [-0.1, -0.05) is 0 Å². The lowest BCUT2D eigenvalue weighted by molar-refractivity contribution is -0.283. The van der Waals surface area contributed by atoms with E-state index in [1.54, 1.807) is 13.8 Å². The van der Waals surface area contributed by atoms with E-state index in [-0.39, 0.29) is 13.0 Å². The molecule has 1 fully saturated rings. The van der Waals surface area contributed by atoms with E-state index < -0.39 is 48.1 Å². The second kappa shape index (κ2) is 8.91. The molecule has 0 aromatic rings. The summed E-state index contributed by atoms with van der Waals surface area (Å²) in [6.45, 7) is 6.49. The maximum Gasteiger partial charge on any atom is 0.303 e. The highest BCUT2D eigenvalue weighted by Crippen LogP contribution is 2.29. The molecule has 0 N–H and O–H groups in total. The van der Waals surface area contributed by atoms with Gasteiger partial charge in [-0.25, -0.2) is 0 Å². The molecule has 0 aliphatic carbocycles. The van der Waals surface area contributed by atoms with Gasteiger partial charge in [-0.2, -0.15) is 0 Å². The average molecular weight is 360 g/mol. The first kappa shape index (κ1) is 21.0. The lowest BCUT2D eigenvalue weighted by Gasteiger charge is -2.41. The molecular formula is C16H24O9. The fourth-order valence-corrected chi connectivity index (χ4v) is 2.34. The normalized spacial score (nSPS) is 26.4. The topological polar surface area (TPSA) is 114 Å². The molecule has 0 saturated carbocycles. The minimum absolute atomic E-state index is 0.0470. The third-order valence-corrected chi connectivity index (χ3v) is 3.27. The van der Waals surface area contributed by atoms with Crippen LogP contribution in [-0.4, -0.2) is 61.0 Å². The number of esters is 3. The molecule has 0 aromatic carbocycles. The Labute approximate surface area is 145 Å². The molecule has 4 atom stereocenters. The van der Waals surface area contributed by atoms with Crippen LogP contribution in [-0.2, 0) is 42.9 Å². The van der Waals surface area contributed by atoms with Crippen molar-refractivity contribution in [1.29, 1.82) is 0 Å². The van der Waals surface area contributed by atoms with Gasteiger partial charge in [0.1, 0.15) is 24.4 Å². The van der Waals surface area contributed by atoms with E-state index in [0.717, 1.165) is 0 Å². The van der Waals surface area contributed by atoms with E-state index in [1.807, 2.05) is 0 Å². The molecule has 0 spiro atoms. The average Bonchev–Trinajstić information content (AvgIpc) is 2.46. The SMILES string of the molecule is CC(=O)OC[C@H]1O[C@H](OC(C)(C)C=O)C[C@@H](OC(C)=O)[C@@H]1OC(C)=O. The number of ether oxygens (including phenoxy) is 5. The summed E-state index contributed by atoms with van der Waals surface area (Å²) < 4.78 is 26.6. The van der Waals surface area contributed by atoms with Crippen molar-refractivity contribution in [2.75, 3.05) is 6.61 Å². The van der Waals surface area contributed by atoms with Crippen molar-refractivity contribution in [3.05, 3.63) is 0 Å². The third-order valence-electron chi connectivity index (χ3n) is 3.27. The standard InChI is InChI=1S/C16H24O9/c1-9(18)21-7-13-15(23-11(3)20)12(22-10(2)19)6-14(24-13)25-16(4,5)8-17/h8,12-15H,6-7H2,1-5H3/t12-,13-,14-,15+/m1/s1. The molecule has 25 heavy (non-hydrogen) atoms. The fraction of sp³-hybridized carbons (Fsp3) is 0.750. The predicted octanol–water partition coefficient (Wildman–Crippen LogP) is 0.522. The van der Waals surface area contributed by atoms with E-state index in [2.05, 4.69) is 0 Å². The van der Waals surface area contributed by atoms with Crippen molar-refractivity contribution in [1.82, 2.24) is 0 Å². The van der Waals surface area contributed by atoms with Crippen LogP contribution in [0.1, 0.15) is 41.0 Å². The Balaban J connectivity index is 3.01. The summed E-state index contributed by atoms with van der Waals surface area (Å²) in [4.78, 5) is 44.9. The highest BCUT2D eigenvalue weighted by molar-refractivity contribution is 5.67. The van der Waals surface area contributed by atoms with Crippen LogP contribution in [0, 0.1) is 0 Å². The van der Waals surface area contributed by atoms with Gasteiger partial charge < -0.3 is 28.5 Å². The van der Waals surface area contributed by atoms with Crippen molar-refractivity contribution >= 4 is 24.2 Å². The highest BCUT2D eigenvalue weighted by Gasteiger charge is 2.45. The monoisotopic (exact) mass is 360 g/mol. The lowest BCUT2D eigenvalue weighted by Crippen LogP contribution is -2.55. The van der Waals surface area contributed by atoms with Gasteiger partial charge in [-0.05, 0) is 13.8 Å². The molecule has 1 saturated heterocycles. The Morgan fingerprint density at radius 3 is 2.16 bits per heavy atom. The third kappa shape index (κ3) is 7.18. The molecule has 0 amide bonds. The number of hydrogen-bond acceptors (Lipinski definition) is 9. The molecule has 1 aliphatic rings. The van der Waals surface area contributed by atoms with E-state index >= 15 is 0 Å². The fourth-order valence-electron chi connectivity index (χ4n) is 2.34. The second-order valence-electron chi connectivity index (χ2n) is 6.20. The number of aldehydes is 1. The Hall–Kier alpha value is -2.00. The summed E-state index contributed by atoms with van der Waals surface area (Å²) >= 11 is 0. The van der Waals surface area contributed by atoms with Crippen LogP contribution < -0.4 is 0 Å². The molecular weight excluding hydrogens is 336 g/mol. The van der Waals surface area contributed by atoms with Crippen LogP contribution in [0.3, 0.4) is 0 Å². The van der Waals surface area contributed by atoms with Gasteiger partial charge in [-0.15, -0.1) is 0 Å². The van der Waals surface area contributed by atoms with Gasteiger partial charge >= 0.3 is 17.9 Å². The minimum Gasteiger partial charge on any atom is -0.463 e. The van der Waals surface area contributed by atoms with E-state index in [1.165, 1.54) is 20.8 Å². The van der Waals surface area contributed by atoms with Crippen molar-refractivity contribution in [2.45, 2.75) is 71.2 Å². The van der Waals surface area contributed by atoms with Crippen LogP contribution >= 0.6 is 0 Å². The Morgan fingerprint density at radius 2 is 1.68 bits per heavy atom. The summed E-state index contributed by atoms with van der Waals surface area (Å²) in [5, 5.41) is 0.